The van der Waals surface area contributed by atoms with Crippen LogP contribution in [0.4, 0.5) is 11.4 Å². The quantitative estimate of drug-likeness (QED) is 0.258. The maximum Gasteiger partial charge on any atom is 0.0849 e. The van der Waals surface area contributed by atoms with Crippen LogP contribution in [0, 0.1) is 13.8 Å². The van der Waals surface area contributed by atoms with Crippen LogP contribution in [0.15, 0.2) is 70.3 Å². The van der Waals surface area contributed by atoms with Crippen molar-refractivity contribution in [2.45, 2.75) is 27.7 Å². The van der Waals surface area contributed by atoms with Crippen LogP contribution in [-0.2, 0) is 0 Å². The monoisotopic (exact) mass is 653 g/mol. The second-order valence-electron chi connectivity index (χ2n) is 6.87. The van der Waals surface area contributed by atoms with Crippen molar-refractivity contribution in [1.82, 2.24) is 4.98 Å². The van der Waals surface area contributed by atoms with E-state index in [-0.39, 0.29) is 0 Å². The van der Waals surface area contributed by atoms with Crippen LogP contribution in [0.25, 0.3) is 0 Å². The first-order valence-corrected chi connectivity index (χ1v) is 12.3. The average Bonchev–Trinajstić information content (AvgIpc) is 2.70. The van der Waals surface area contributed by atoms with E-state index in [0.29, 0.717) is 0 Å². The first-order valence-electron chi connectivity index (χ1n) is 9.15. The molecule has 154 valence electrons. The largest absolute Gasteiger partial charge is 0.251 e. The maximum atomic E-state index is 4.78. The number of hydrogen-bond acceptors (Lipinski definition) is 3. The number of nitrogens with zero attached hydrogens (tertiary/aromatic N) is 3. The minimum atomic E-state index is 0.820. The number of hydrogen-bond donors (Lipinski definition) is 0. The lowest BCUT2D eigenvalue weighted by Crippen LogP contribution is -2.05. The number of halogens is 4. The molecule has 1 aromatic heterocycles. The van der Waals surface area contributed by atoms with Gasteiger partial charge >= 0.3 is 0 Å². The molecular formula is C23H19Br4N3. The molecule has 0 atom stereocenters. The van der Waals surface area contributed by atoms with Crippen molar-refractivity contribution in [2.75, 3.05) is 0 Å². The average molecular weight is 657 g/mol. The predicted molar refractivity (Wildman–Crippen MR) is 141 cm³/mol. The highest BCUT2D eigenvalue weighted by molar-refractivity contribution is 9.11. The van der Waals surface area contributed by atoms with Crippen molar-refractivity contribution in [3.05, 3.63) is 82.9 Å². The summed E-state index contributed by atoms with van der Waals surface area (Å²) in [5, 5.41) is 0. The van der Waals surface area contributed by atoms with Gasteiger partial charge in [0.05, 0.1) is 34.2 Å². The highest BCUT2D eigenvalue weighted by atomic mass is 79.9. The number of benzene rings is 2. The summed E-state index contributed by atoms with van der Waals surface area (Å²) >= 11 is 14.3. The van der Waals surface area contributed by atoms with Gasteiger partial charge in [0.25, 0.3) is 0 Å². The summed E-state index contributed by atoms with van der Waals surface area (Å²) in [4.78, 5) is 14.3. The lowest BCUT2D eigenvalue weighted by Gasteiger charge is -2.08. The molecule has 0 unspecified atom stereocenters. The first kappa shape index (κ1) is 23.5. The normalized spacial score (nSPS) is 12.4. The molecule has 0 fully saturated rings. The smallest absolute Gasteiger partial charge is 0.0849 e. The van der Waals surface area contributed by atoms with E-state index < -0.39 is 0 Å². The second-order valence-corrected chi connectivity index (χ2v) is 10.3. The van der Waals surface area contributed by atoms with Gasteiger partial charge in [-0.25, -0.2) is 4.98 Å². The third-order valence-electron chi connectivity index (χ3n) is 4.62. The molecule has 3 rings (SSSR count). The van der Waals surface area contributed by atoms with Crippen LogP contribution in [0.1, 0.15) is 36.4 Å². The van der Waals surface area contributed by atoms with Gasteiger partial charge in [-0.2, -0.15) is 0 Å². The Hall–Kier alpha value is -1.15. The molecule has 0 saturated carbocycles. The summed E-state index contributed by atoms with van der Waals surface area (Å²) in [6, 6.07) is 13.9. The molecule has 0 spiro atoms. The summed E-state index contributed by atoms with van der Waals surface area (Å²) in [6.07, 6.45) is 0. The molecule has 0 amide bonds. The minimum absolute atomic E-state index is 0.820. The van der Waals surface area contributed by atoms with Gasteiger partial charge in [-0.1, -0.05) is 69.8 Å². The van der Waals surface area contributed by atoms with Crippen molar-refractivity contribution < 1.29 is 0 Å². The van der Waals surface area contributed by atoms with E-state index in [9.17, 15) is 0 Å². The zero-order valence-electron chi connectivity index (χ0n) is 16.9. The topological polar surface area (TPSA) is 37.6 Å². The molecular weight excluding hydrogens is 638 g/mol. The highest BCUT2D eigenvalue weighted by Gasteiger charge is 2.08. The highest BCUT2D eigenvalue weighted by Crippen LogP contribution is 2.31. The third-order valence-corrected chi connectivity index (χ3v) is 7.91. The van der Waals surface area contributed by atoms with Gasteiger partial charge in [-0.3, -0.25) is 9.98 Å². The molecule has 0 bridgehead atoms. The van der Waals surface area contributed by atoms with Gasteiger partial charge in [0.15, 0.2) is 0 Å². The van der Waals surface area contributed by atoms with E-state index >= 15 is 0 Å². The first-order chi connectivity index (χ1) is 14.2. The Balaban J connectivity index is 1.94. The molecule has 30 heavy (non-hydrogen) atoms. The van der Waals surface area contributed by atoms with E-state index in [4.69, 9.17) is 15.0 Å². The fourth-order valence-corrected chi connectivity index (χ4v) is 5.06. The lowest BCUT2D eigenvalue weighted by atomic mass is 10.2. The number of aliphatic imine (C=N–C) groups is 2. The van der Waals surface area contributed by atoms with Gasteiger partial charge in [0, 0.05) is 17.9 Å². The van der Waals surface area contributed by atoms with Gasteiger partial charge in [0.2, 0.25) is 0 Å². The van der Waals surface area contributed by atoms with Crippen molar-refractivity contribution in [2.24, 2.45) is 9.98 Å². The summed E-state index contributed by atoms with van der Waals surface area (Å²) in [5.41, 5.74) is 7.34. The van der Waals surface area contributed by atoms with E-state index in [1.165, 1.54) is 0 Å². The second kappa shape index (κ2) is 9.98. The number of pyridine rings is 1. The van der Waals surface area contributed by atoms with Crippen molar-refractivity contribution >= 4 is 86.5 Å². The molecule has 3 aromatic rings. The predicted octanol–water partition coefficient (Wildman–Crippen LogP) is 9.03. The van der Waals surface area contributed by atoms with E-state index in [0.717, 1.165) is 63.2 Å². The molecule has 0 radical (unpaired) electrons. The van der Waals surface area contributed by atoms with Crippen molar-refractivity contribution in [3.8, 4) is 0 Å². The van der Waals surface area contributed by atoms with Crippen LogP contribution >= 0.6 is 63.7 Å². The minimum Gasteiger partial charge on any atom is -0.251 e. The fraction of sp³-hybridized carbons (Fsp3) is 0.174. The Morgan fingerprint density at radius 3 is 1.33 bits per heavy atom. The Bertz CT molecular complexity index is 1050. The van der Waals surface area contributed by atoms with Crippen LogP contribution in [0.5, 0.6) is 0 Å². The van der Waals surface area contributed by atoms with E-state index in [2.05, 4.69) is 63.7 Å². The summed E-state index contributed by atoms with van der Waals surface area (Å²) < 4.78 is 4.07. The Morgan fingerprint density at radius 2 is 1.00 bits per heavy atom. The lowest BCUT2D eigenvalue weighted by molar-refractivity contribution is 1.23. The van der Waals surface area contributed by atoms with E-state index in [1.807, 2.05) is 70.2 Å². The van der Waals surface area contributed by atoms with Gasteiger partial charge < -0.3 is 0 Å². The summed E-state index contributed by atoms with van der Waals surface area (Å²) in [7, 11) is 0. The molecule has 7 heteroatoms. The molecule has 2 aromatic carbocycles. The third kappa shape index (κ3) is 5.55. The van der Waals surface area contributed by atoms with Crippen LogP contribution in [0.2, 0.25) is 0 Å². The van der Waals surface area contributed by atoms with Crippen molar-refractivity contribution in [3.63, 3.8) is 0 Å². The Kier molecular flexibility index (Phi) is 7.82. The SMILES string of the molecule is CC(=Nc1cc(Br)c(C)c(Br)c1)c1cccc(C(C)=Nc2cc(Br)c(C)c(Br)c2)n1. The standard InChI is InChI=1S/C23H19Br4N3/c1-12-18(24)8-16(9-19(12)25)28-14(3)22-6-5-7-23(30-22)15(4)29-17-10-20(26)13(2)21(27)11-17/h5-11H,1-4H3. The number of rotatable bonds is 4. The van der Waals surface area contributed by atoms with Gasteiger partial charge in [0.1, 0.15) is 0 Å². The van der Waals surface area contributed by atoms with E-state index in [1.54, 1.807) is 0 Å². The molecule has 3 nitrogen and oxygen atoms in total. The zero-order chi connectivity index (χ0) is 22.0. The Morgan fingerprint density at radius 1 is 0.667 bits per heavy atom. The summed E-state index contributed by atoms with van der Waals surface area (Å²) in [6.45, 7) is 8.03. The van der Waals surface area contributed by atoms with Gasteiger partial charge in [-0.05, 0) is 75.2 Å². The van der Waals surface area contributed by atoms with Gasteiger partial charge in [-0.15, -0.1) is 0 Å². The van der Waals surface area contributed by atoms with Crippen LogP contribution < -0.4 is 0 Å². The molecule has 0 aliphatic rings. The van der Waals surface area contributed by atoms with Crippen LogP contribution in [-0.4, -0.2) is 16.4 Å². The molecule has 0 aliphatic carbocycles. The van der Waals surface area contributed by atoms with Crippen molar-refractivity contribution in [1.29, 1.82) is 0 Å². The van der Waals surface area contributed by atoms with Crippen LogP contribution in [0.3, 0.4) is 0 Å². The number of aromatic nitrogens is 1. The zero-order valence-corrected chi connectivity index (χ0v) is 23.2. The molecule has 0 saturated heterocycles. The molecule has 1 heterocycles. The maximum absolute atomic E-state index is 4.78. The fourth-order valence-electron chi connectivity index (χ4n) is 2.73. The molecule has 0 N–H and O–H groups in total. The summed E-state index contributed by atoms with van der Waals surface area (Å²) in [5.74, 6) is 0. The Labute approximate surface area is 210 Å². The molecule has 0 aliphatic heterocycles.